The maximum atomic E-state index is 9.55. The molecule has 0 bridgehead atoms. The van der Waals surface area contributed by atoms with Crippen LogP contribution in [0.25, 0.3) is 0 Å². The highest BCUT2D eigenvalue weighted by molar-refractivity contribution is 5.53. The van der Waals surface area contributed by atoms with Crippen molar-refractivity contribution in [2.75, 3.05) is 6.61 Å². The van der Waals surface area contributed by atoms with Gasteiger partial charge in [0.2, 0.25) is 0 Å². The van der Waals surface area contributed by atoms with Gasteiger partial charge in [0.15, 0.2) is 11.5 Å². The van der Waals surface area contributed by atoms with Gasteiger partial charge in [-0.1, -0.05) is 0 Å². The highest BCUT2D eigenvalue weighted by atomic mass is 16.5. The average Bonchev–Trinajstić information content (AvgIpc) is 2.19. The maximum Gasteiger partial charge on any atom is 0.165 e. The predicted octanol–water partition coefficient (Wildman–Crippen LogP) is 1.05. The van der Waals surface area contributed by atoms with Crippen molar-refractivity contribution in [1.29, 1.82) is 5.26 Å². The number of nitrogens with zero attached hydrogens (tertiary/aromatic N) is 1. The molecule has 4 nitrogen and oxygen atoms in total. The third-order valence-corrected chi connectivity index (χ3v) is 2.30. The molecule has 14 heavy (non-hydrogen) atoms. The summed E-state index contributed by atoms with van der Waals surface area (Å²) in [7, 11) is 0. The van der Waals surface area contributed by atoms with E-state index >= 15 is 0 Å². The Morgan fingerprint density at radius 1 is 1.57 bits per heavy atom. The van der Waals surface area contributed by atoms with Crippen LogP contribution >= 0.6 is 0 Å². The fourth-order valence-corrected chi connectivity index (χ4v) is 1.58. The van der Waals surface area contributed by atoms with Gasteiger partial charge < -0.3 is 15.6 Å². The lowest BCUT2D eigenvalue weighted by Crippen LogP contribution is -2.20. The standard InChI is InChI=1S/C10H10N2O2/c11-5-6-3-7-8(12)1-2-14-10(7)9(13)4-6/h3-4,8,13H,1-2,12H2/t8-/m0/s1. The summed E-state index contributed by atoms with van der Waals surface area (Å²) in [6.45, 7) is 0.508. The summed E-state index contributed by atoms with van der Waals surface area (Å²) in [5.74, 6) is 0.414. The number of ether oxygens (including phenoxy) is 1. The normalized spacial score (nSPS) is 19.3. The van der Waals surface area contributed by atoms with E-state index < -0.39 is 0 Å². The molecule has 3 N–H and O–H groups in total. The van der Waals surface area contributed by atoms with Crippen molar-refractivity contribution in [2.45, 2.75) is 12.5 Å². The Bertz CT molecular complexity index is 409. The lowest BCUT2D eigenvalue weighted by atomic mass is 9.99. The lowest BCUT2D eigenvalue weighted by Gasteiger charge is -2.23. The SMILES string of the molecule is N#Cc1cc(O)c2c(c1)[C@@H](N)CCO2. The Morgan fingerprint density at radius 2 is 2.36 bits per heavy atom. The fourth-order valence-electron chi connectivity index (χ4n) is 1.58. The monoisotopic (exact) mass is 190 g/mol. The molecule has 0 saturated heterocycles. The van der Waals surface area contributed by atoms with Gasteiger partial charge in [-0.25, -0.2) is 0 Å². The van der Waals surface area contributed by atoms with Crippen LogP contribution in [0, 0.1) is 11.3 Å². The molecule has 72 valence electrons. The molecule has 0 spiro atoms. The summed E-state index contributed by atoms with van der Waals surface area (Å²) in [5, 5.41) is 18.3. The molecule has 0 radical (unpaired) electrons. The van der Waals surface area contributed by atoms with Crippen LogP contribution in [-0.2, 0) is 0 Å². The molecular weight excluding hydrogens is 180 g/mol. The van der Waals surface area contributed by atoms with Crippen LogP contribution in [0.15, 0.2) is 12.1 Å². The highest BCUT2D eigenvalue weighted by Gasteiger charge is 2.21. The number of rotatable bonds is 0. The average molecular weight is 190 g/mol. The number of phenols is 1. The third kappa shape index (κ3) is 1.28. The van der Waals surface area contributed by atoms with Crippen LogP contribution in [0.4, 0.5) is 0 Å². The van der Waals surface area contributed by atoms with Gasteiger partial charge in [-0.3, -0.25) is 0 Å². The number of nitriles is 1. The van der Waals surface area contributed by atoms with Crippen LogP contribution in [0.2, 0.25) is 0 Å². The topological polar surface area (TPSA) is 79.3 Å². The molecule has 0 amide bonds. The molecule has 1 atom stereocenters. The van der Waals surface area contributed by atoms with Crippen molar-refractivity contribution in [2.24, 2.45) is 5.73 Å². The van der Waals surface area contributed by atoms with Crippen LogP contribution in [0.5, 0.6) is 11.5 Å². The van der Waals surface area contributed by atoms with Gasteiger partial charge in [-0.2, -0.15) is 5.26 Å². The summed E-state index contributed by atoms with van der Waals surface area (Å²) < 4.78 is 5.28. The fraction of sp³-hybridized carbons (Fsp3) is 0.300. The molecule has 0 unspecified atom stereocenters. The zero-order valence-corrected chi connectivity index (χ0v) is 7.53. The lowest BCUT2D eigenvalue weighted by molar-refractivity contribution is 0.255. The second-order valence-electron chi connectivity index (χ2n) is 3.27. The van der Waals surface area contributed by atoms with Gasteiger partial charge in [0.1, 0.15) is 0 Å². The van der Waals surface area contributed by atoms with E-state index in [2.05, 4.69) is 0 Å². The molecule has 4 heteroatoms. The molecule has 0 saturated carbocycles. The van der Waals surface area contributed by atoms with E-state index in [1.807, 2.05) is 6.07 Å². The largest absolute Gasteiger partial charge is 0.504 e. The Balaban J connectivity index is 2.58. The predicted molar refractivity (Wildman–Crippen MR) is 49.9 cm³/mol. The van der Waals surface area contributed by atoms with Gasteiger partial charge in [-0.05, 0) is 6.07 Å². The first-order valence-electron chi connectivity index (χ1n) is 4.37. The third-order valence-electron chi connectivity index (χ3n) is 2.30. The van der Waals surface area contributed by atoms with E-state index in [4.69, 9.17) is 15.7 Å². The second kappa shape index (κ2) is 3.20. The highest BCUT2D eigenvalue weighted by Crippen LogP contribution is 2.38. The molecule has 0 fully saturated rings. The van der Waals surface area contributed by atoms with E-state index in [9.17, 15) is 5.11 Å². The van der Waals surface area contributed by atoms with Crippen LogP contribution in [-0.4, -0.2) is 11.7 Å². The number of phenolic OH excluding ortho intramolecular Hbond substituents is 1. The number of nitrogens with two attached hydrogens (primary N) is 1. The van der Waals surface area contributed by atoms with Crippen molar-refractivity contribution in [1.82, 2.24) is 0 Å². The molecule has 1 aromatic carbocycles. The molecule has 1 aliphatic rings. The zero-order chi connectivity index (χ0) is 10.1. The molecular formula is C10H10N2O2. The molecule has 1 aromatic rings. The first kappa shape index (κ1) is 8.85. The van der Waals surface area contributed by atoms with E-state index in [0.717, 1.165) is 0 Å². The maximum absolute atomic E-state index is 9.55. The van der Waals surface area contributed by atoms with Crippen molar-refractivity contribution in [3.05, 3.63) is 23.3 Å². The number of fused-ring (bicyclic) bond motifs is 1. The number of hydrogen-bond donors (Lipinski definition) is 2. The number of aromatic hydroxyl groups is 1. The van der Waals surface area contributed by atoms with Crippen molar-refractivity contribution in [3.63, 3.8) is 0 Å². The summed E-state index contributed by atoms with van der Waals surface area (Å²) in [4.78, 5) is 0. The summed E-state index contributed by atoms with van der Waals surface area (Å²) in [6.07, 6.45) is 0.710. The molecule has 2 rings (SSSR count). The Morgan fingerprint density at radius 3 is 3.07 bits per heavy atom. The zero-order valence-electron chi connectivity index (χ0n) is 7.53. The smallest absolute Gasteiger partial charge is 0.165 e. The van der Waals surface area contributed by atoms with Gasteiger partial charge >= 0.3 is 0 Å². The minimum atomic E-state index is -0.155. The first-order valence-corrected chi connectivity index (χ1v) is 4.37. The molecule has 0 aromatic heterocycles. The Hall–Kier alpha value is -1.73. The van der Waals surface area contributed by atoms with Crippen molar-refractivity contribution in [3.8, 4) is 17.6 Å². The van der Waals surface area contributed by atoms with Crippen LogP contribution in [0.1, 0.15) is 23.6 Å². The van der Waals surface area contributed by atoms with E-state index in [0.29, 0.717) is 29.9 Å². The van der Waals surface area contributed by atoms with Crippen LogP contribution < -0.4 is 10.5 Å². The summed E-state index contributed by atoms with van der Waals surface area (Å²) in [6, 6.07) is 4.86. The van der Waals surface area contributed by atoms with E-state index in [-0.39, 0.29) is 11.8 Å². The Kier molecular flexibility index (Phi) is 2.02. The molecule has 1 aliphatic heterocycles. The van der Waals surface area contributed by atoms with Crippen molar-refractivity contribution < 1.29 is 9.84 Å². The van der Waals surface area contributed by atoms with Crippen molar-refractivity contribution >= 4 is 0 Å². The Labute approximate surface area is 81.5 Å². The van der Waals surface area contributed by atoms with Gasteiger partial charge in [0.05, 0.1) is 18.2 Å². The number of benzene rings is 1. The van der Waals surface area contributed by atoms with Crippen LogP contribution in [0.3, 0.4) is 0 Å². The number of hydrogen-bond acceptors (Lipinski definition) is 4. The van der Waals surface area contributed by atoms with E-state index in [1.54, 1.807) is 6.07 Å². The van der Waals surface area contributed by atoms with Gasteiger partial charge in [-0.15, -0.1) is 0 Å². The second-order valence-corrected chi connectivity index (χ2v) is 3.27. The first-order chi connectivity index (χ1) is 6.72. The summed E-state index contributed by atoms with van der Waals surface area (Å²) in [5.41, 5.74) is 6.96. The van der Waals surface area contributed by atoms with Gasteiger partial charge in [0, 0.05) is 24.1 Å². The quantitative estimate of drug-likeness (QED) is 0.640. The minimum Gasteiger partial charge on any atom is -0.504 e. The molecule has 1 heterocycles. The van der Waals surface area contributed by atoms with E-state index in [1.165, 1.54) is 6.07 Å². The van der Waals surface area contributed by atoms with Gasteiger partial charge in [0.25, 0.3) is 0 Å². The summed E-state index contributed by atoms with van der Waals surface area (Å²) >= 11 is 0. The molecule has 0 aliphatic carbocycles. The minimum absolute atomic E-state index is 0.00537.